The molecule has 0 saturated heterocycles. The molecule has 160 valence electrons. The topological polar surface area (TPSA) is 69.6 Å². The molecule has 1 aliphatic carbocycles. The fourth-order valence-electron chi connectivity index (χ4n) is 4.93. The molecule has 3 heterocycles. The van der Waals surface area contributed by atoms with E-state index in [1.54, 1.807) is 23.0 Å². The first-order chi connectivity index (χ1) is 15.6. The number of amides is 2. The van der Waals surface area contributed by atoms with Gasteiger partial charge in [-0.1, -0.05) is 48.5 Å². The van der Waals surface area contributed by atoms with E-state index in [0.29, 0.717) is 23.2 Å². The van der Waals surface area contributed by atoms with Gasteiger partial charge in [0.1, 0.15) is 11.7 Å². The highest BCUT2D eigenvalue weighted by molar-refractivity contribution is 6.11. The molecule has 2 aliphatic heterocycles. The van der Waals surface area contributed by atoms with Crippen molar-refractivity contribution in [3.63, 3.8) is 0 Å². The monoisotopic (exact) mass is 425 g/mol. The number of anilines is 3. The minimum atomic E-state index is -0.298. The third-order valence-corrected chi connectivity index (χ3v) is 6.68. The highest BCUT2D eigenvalue weighted by Crippen LogP contribution is 2.44. The molecule has 7 heteroatoms. The summed E-state index contributed by atoms with van der Waals surface area (Å²) in [6.07, 6.45) is 3.76. The van der Waals surface area contributed by atoms with Crippen molar-refractivity contribution in [1.29, 1.82) is 0 Å². The second kappa shape index (κ2) is 6.88. The Balaban J connectivity index is 1.51. The number of carbonyl (C=O) groups excluding carboxylic acids is 2. The van der Waals surface area contributed by atoms with Crippen molar-refractivity contribution < 1.29 is 9.59 Å². The van der Waals surface area contributed by atoms with Crippen LogP contribution in [0.15, 0.2) is 60.8 Å². The number of hydrogen-bond acceptors (Lipinski definition) is 5. The summed E-state index contributed by atoms with van der Waals surface area (Å²) in [5.41, 5.74) is 3.31. The predicted molar refractivity (Wildman–Crippen MR) is 122 cm³/mol. The van der Waals surface area contributed by atoms with Crippen LogP contribution < -0.4 is 14.7 Å². The molecule has 2 atom stereocenters. The van der Waals surface area contributed by atoms with Crippen molar-refractivity contribution in [2.24, 2.45) is 0 Å². The zero-order valence-corrected chi connectivity index (χ0v) is 18.0. The second-order valence-electron chi connectivity index (χ2n) is 8.67. The lowest BCUT2D eigenvalue weighted by Crippen LogP contribution is -2.52. The minimum absolute atomic E-state index is 0.0348. The Kier molecular flexibility index (Phi) is 4.08. The normalized spacial score (nSPS) is 22.2. The number of likely N-dealkylation sites (N-methyl/N-ethyl adjacent to an activating group) is 1. The summed E-state index contributed by atoms with van der Waals surface area (Å²) < 4.78 is 0. The lowest BCUT2D eigenvalue weighted by atomic mass is 9.98. The van der Waals surface area contributed by atoms with Gasteiger partial charge >= 0.3 is 0 Å². The molecule has 2 aromatic carbocycles. The summed E-state index contributed by atoms with van der Waals surface area (Å²) in [5, 5.41) is 0. The Bertz CT molecular complexity index is 1240. The van der Waals surface area contributed by atoms with Crippen LogP contribution in [0.1, 0.15) is 47.3 Å². The van der Waals surface area contributed by atoms with Crippen molar-refractivity contribution in [3.8, 4) is 0 Å². The minimum Gasteiger partial charge on any atom is -0.340 e. The maximum atomic E-state index is 13.5. The van der Waals surface area contributed by atoms with E-state index in [0.717, 1.165) is 29.8 Å². The maximum Gasteiger partial charge on any atom is 0.261 e. The van der Waals surface area contributed by atoms with Gasteiger partial charge in [-0.25, -0.2) is 4.98 Å². The molecule has 1 saturated carbocycles. The Labute approximate surface area is 186 Å². The van der Waals surface area contributed by atoms with Crippen LogP contribution in [0.4, 0.5) is 17.5 Å². The van der Waals surface area contributed by atoms with E-state index in [9.17, 15) is 9.59 Å². The first kappa shape index (κ1) is 19.0. The summed E-state index contributed by atoms with van der Waals surface area (Å²) in [5.74, 6) is 1.01. The van der Waals surface area contributed by atoms with E-state index >= 15 is 0 Å². The van der Waals surface area contributed by atoms with Gasteiger partial charge in [0.15, 0.2) is 5.82 Å². The smallest absolute Gasteiger partial charge is 0.261 e. The van der Waals surface area contributed by atoms with Crippen molar-refractivity contribution in [2.45, 2.75) is 37.9 Å². The van der Waals surface area contributed by atoms with Crippen molar-refractivity contribution >= 4 is 29.3 Å². The summed E-state index contributed by atoms with van der Waals surface area (Å²) in [7, 11) is 1.76. The lowest BCUT2D eigenvalue weighted by molar-refractivity contribution is -0.119. The van der Waals surface area contributed by atoms with Gasteiger partial charge in [0, 0.05) is 18.7 Å². The third-order valence-electron chi connectivity index (χ3n) is 6.68. The average Bonchev–Trinajstić information content (AvgIpc) is 3.61. The van der Waals surface area contributed by atoms with Crippen LogP contribution in [0.3, 0.4) is 0 Å². The molecule has 7 nitrogen and oxygen atoms in total. The Hall–Kier alpha value is -3.74. The van der Waals surface area contributed by atoms with Gasteiger partial charge in [0.25, 0.3) is 5.91 Å². The molecule has 1 aromatic heterocycles. The van der Waals surface area contributed by atoms with Gasteiger partial charge in [-0.2, -0.15) is 4.98 Å². The van der Waals surface area contributed by atoms with Crippen molar-refractivity contribution in [3.05, 3.63) is 77.5 Å². The molecule has 0 bridgehead atoms. The van der Waals surface area contributed by atoms with E-state index in [1.165, 1.54) is 0 Å². The number of benzene rings is 2. The molecule has 32 heavy (non-hydrogen) atoms. The number of hydrogen-bond donors (Lipinski definition) is 0. The molecular weight excluding hydrogens is 402 g/mol. The third kappa shape index (κ3) is 2.67. The first-order valence-electron chi connectivity index (χ1n) is 11.0. The van der Waals surface area contributed by atoms with Crippen molar-refractivity contribution in [1.82, 2.24) is 9.97 Å². The molecule has 6 rings (SSSR count). The van der Waals surface area contributed by atoms with E-state index in [1.807, 2.05) is 61.5 Å². The van der Waals surface area contributed by atoms with Crippen molar-refractivity contribution in [2.75, 3.05) is 21.7 Å². The van der Waals surface area contributed by atoms with Crippen LogP contribution in [0.25, 0.3) is 0 Å². The lowest BCUT2D eigenvalue weighted by Gasteiger charge is -2.39. The predicted octanol–water partition coefficient (Wildman–Crippen LogP) is 3.56. The Morgan fingerprint density at radius 3 is 2.44 bits per heavy atom. The van der Waals surface area contributed by atoms with Gasteiger partial charge in [0.05, 0.1) is 12.2 Å². The number of aromatic nitrogens is 2. The zero-order chi connectivity index (χ0) is 22.0. The second-order valence-corrected chi connectivity index (χ2v) is 8.67. The van der Waals surface area contributed by atoms with E-state index in [4.69, 9.17) is 4.98 Å². The van der Waals surface area contributed by atoms with Crippen LogP contribution in [0.2, 0.25) is 0 Å². The molecule has 1 fully saturated rings. The van der Waals surface area contributed by atoms with Gasteiger partial charge in [0.2, 0.25) is 11.9 Å². The first-order valence-corrected chi connectivity index (χ1v) is 11.0. The molecule has 0 spiro atoms. The largest absolute Gasteiger partial charge is 0.340 e. The fraction of sp³-hybridized carbons (Fsp3) is 0.280. The van der Waals surface area contributed by atoms with Gasteiger partial charge in [-0.15, -0.1) is 0 Å². The number of rotatable bonds is 3. The number of nitrogens with zero attached hydrogens (tertiary/aromatic N) is 5. The van der Waals surface area contributed by atoms with Crippen LogP contribution >= 0.6 is 0 Å². The Morgan fingerprint density at radius 2 is 1.69 bits per heavy atom. The van der Waals surface area contributed by atoms with Gasteiger partial charge in [-0.05, 0) is 37.0 Å². The van der Waals surface area contributed by atoms with Crippen LogP contribution in [0.5, 0.6) is 0 Å². The van der Waals surface area contributed by atoms with E-state index in [-0.39, 0.29) is 23.9 Å². The zero-order valence-electron chi connectivity index (χ0n) is 18.0. The molecule has 2 amide bonds. The van der Waals surface area contributed by atoms with Crippen LogP contribution in [-0.4, -0.2) is 40.9 Å². The van der Waals surface area contributed by atoms with E-state index < -0.39 is 0 Å². The highest BCUT2D eigenvalue weighted by Gasteiger charge is 2.45. The molecule has 2 unspecified atom stereocenters. The fourth-order valence-corrected chi connectivity index (χ4v) is 4.93. The highest BCUT2D eigenvalue weighted by atomic mass is 16.2. The number of carbonyl (C=O) groups is 2. The summed E-state index contributed by atoms with van der Waals surface area (Å²) in [6.45, 7) is 1.92. The summed E-state index contributed by atoms with van der Waals surface area (Å²) >= 11 is 0. The van der Waals surface area contributed by atoms with Gasteiger partial charge < -0.3 is 9.80 Å². The summed E-state index contributed by atoms with van der Waals surface area (Å²) in [4.78, 5) is 41.2. The standard InChI is InChI=1S/C25H23N5O2/c1-15-23(31)28(2)20-14-26-25(27-22(20)29(15)17-12-13-17)30-21(16-8-4-3-5-9-16)18-10-6-7-11-19(18)24(30)32/h3-11,14-15,17,21H,12-13H2,1-2H3. The molecule has 3 aliphatic rings. The average molecular weight is 425 g/mol. The quantitative estimate of drug-likeness (QED) is 0.642. The molecule has 0 N–H and O–H groups in total. The maximum absolute atomic E-state index is 13.5. The molecular formula is C25H23N5O2. The molecule has 3 aromatic rings. The molecule has 0 radical (unpaired) electrons. The SMILES string of the molecule is CC1C(=O)N(C)c2cnc(N3C(=O)c4ccccc4C3c3ccccc3)nc2N1C1CC1. The van der Waals surface area contributed by atoms with Crippen LogP contribution in [0, 0.1) is 0 Å². The Morgan fingerprint density at radius 1 is 0.969 bits per heavy atom. The number of fused-ring (bicyclic) bond motifs is 2. The van der Waals surface area contributed by atoms with Crippen LogP contribution in [-0.2, 0) is 4.79 Å². The summed E-state index contributed by atoms with van der Waals surface area (Å²) in [6, 6.07) is 17.4. The van der Waals surface area contributed by atoms with Gasteiger partial charge in [-0.3, -0.25) is 14.5 Å². The van der Waals surface area contributed by atoms with E-state index in [2.05, 4.69) is 9.88 Å².